The quantitative estimate of drug-likeness (QED) is 0.187. The van der Waals surface area contributed by atoms with Gasteiger partial charge in [-0.1, -0.05) is 133 Å². The first-order valence-corrected chi connectivity index (χ1v) is 16.3. The number of hydrogen-bond donors (Lipinski definition) is 0. The van der Waals surface area contributed by atoms with Gasteiger partial charge in [-0.05, 0) is 62.0 Å². The number of fused-ring (bicyclic) bond motifs is 11. The van der Waals surface area contributed by atoms with Gasteiger partial charge in [-0.25, -0.2) is 4.98 Å². The highest BCUT2D eigenvalue weighted by molar-refractivity contribution is 6.33. The van der Waals surface area contributed by atoms with E-state index in [9.17, 15) is 0 Å². The molecule has 48 heavy (non-hydrogen) atoms. The van der Waals surface area contributed by atoms with Gasteiger partial charge in [0.1, 0.15) is 0 Å². The third kappa shape index (κ3) is 4.04. The van der Waals surface area contributed by atoms with E-state index in [1.54, 1.807) is 0 Å². The smallest absolute Gasteiger partial charge is 0.0970 e. The molecule has 0 spiro atoms. The molecule has 0 aliphatic carbocycles. The summed E-state index contributed by atoms with van der Waals surface area (Å²) in [6, 6.07) is 54.2. The molecular weight excluding hydrogens is 583 g/mol. The summed E-state index contributed by atoms with van der Waals surface area (Å²) in [5, 5.41) is 10.9. The molecule has 0 N–H and O–H groups in total. The summed E-state index contributed by atoms with van der Waals surface area (Å²) in [5.41, 5.74) is 9.64. The molecule has 3 heterocycles. The molecule has 10 aromatic rings. The van der Waals surface area contributed by atoms with E-state index in [4.69, 9.17) is 9.97 Å². The Bertz CT molecular complexity index is 2870. The SMILES string of the molecule is c1cnc2c(c1)ccc1c(-c3ccc(-c4ccc(-c5nc6ccccc6c6c7ccccc7c7ccccc7c56)cc4)cc3)ccnc12. The van der Waals surface area contributed by atoms with Crippen LogP contribution in [0.5, 0.6) is 0 Å². The van der Waals surface area contributed by atoms with E-state index in [0.29, 0.717) is 0 Å². The molecule has 0 bridgehead atoms. The van der Waals surface area contributed by atoms with Gasteiger partial charge in [0.25, 0.3) is 0 Å². The number of rotatable bonds is 3. The third-order valence-corrected chi connectivity index (χ3v) is 9.75. The van der Waals surface area contributed by atoms with Gasteiger partial charge in [0, 0.05) is 44.9 Å². The molecule has 222 valence electrons. The topological polar surface area (TPSA) is 38.7 Å². The molecule has 3 aromatic heterocycles. The summed E-state index contributed by atoms with van der Waals surface area (Å²) in [7, 11) is 0. The Balaban J connectivity index is 1.09. The lowest BCUT2D eigenvalue weighted by molar-refractivity contribution is 1.37. The lowest BCUT2D eigenvalue weighted by Crippen LogP contribution is -1.93. The van der Waals surface area contributed by atoms with Gasteiger partial charge < -0.3 is 0 Å². The monoisotopic (exact) mass is 609 g/mol. The van der Waals surface area contributed by atoms with Gasteiger partial charge in [-0.2, -0.15) is 0 Å². The Kier molecular flexibility index (Phi) is 5.87. The number of pyridine rings is 3. The van der Waals surface area contributed by atoms with Crippen molar-refractivity contribution in [2.75, 3.05) is 0 Å². The molecule has 0 amide bonds. The van der Waals surface area contributed by atoms with E-state index in [-0.39, 0.29) is 0 Å². The highest BCUT2D eigenvalue weighted by atomic mass is 14.7. The van der Waals surface area contributed by atoms with Gasteiger partial charge in [-0.3, -0.25) is 9.97 Å². The Hall–Kier alpha value is -6.45. The zero-order valence-corrected chi connectivity index (χ0v) is 25.9. The molecule has 3 heteroatoms. The predicted molar refractivity (Wildman–Crippen MR) is 201 cm³/mol. The van der Waals surface area contributed by atoms with Crippen LogP contribution in [-0.4, -0.2) is 15.0 Å². The van der Waals surface area contributed by atoms with Crippen LogP contribution in [0.2, 0.25) is 0 Å². The zero-order valence-electron chi connectivity index (χ0n) is 25.9. The molecule has 0 aliphatic heterocycles. The minimum atomic E-state index is 0.931. The highest BCUT2D eigenvalue weighted by Gasteiger charge is 2.17. The second-order valence-electron chi connectivity index (χ2n) is 12.4. The number of benzene rings is 7. The number of aromatic nitrogens is 3. The van der Waals surface area contributed by atoms with Crippen molar-refractivity contribution in [2.24, 2.45) is 0 Å². The van der Waals surface area contributed by atoms with E-state index in [1.165, 1.54) is 48.8 Å². The van der Waals surface area contributed by atoms with E-state index < -0.39 is 0 Å². The Morgan fingerprint density at radius 3 is 1.65 bits per heavy atom. The summed E-state index contributed by atoms with van der Waals surface area (Å²) in [6.45, 7) is 0. The summed E-state index contributed by atoms with van der Waals surface area (Å²) in [4.78, 5) is 14.6. The van der Waals surface area contributed by atoms with Crippen LogP contribution in [0.1, 0.15) is 0 Å². The van der Waals surface area contributed by atoms with Crippen LogP contribution < -0.4 is 0 Å². The van der Waals surface area contributed by atoms with Crippen molar-refractivity contribution in [3.63, 3.8) is 0 Å². The standard InChI is InChI=1S/C45H27N3/c1-3-11-36-34(9-1)35-10-2-4-12-37(35)42-41(36)39-13-5-6-14-40(39)48-43(42)32-21-17-29(18-22-32)28-15-19-30(20-16-28)33-25-27-47-45-38(33)24-23-31-8-7-26-46-44(31)45/h1-27H. The molecular formula is C45H27N3. The summed E-state index contributed by atoms with van der Waals surface area (Å²) < 4.78 is 0. The molecule has 7 aromatic carbocycles. The molecule has 0 atom stereocenters. The first kappa shape index (κ1) is 26.7. The van der Waals surface area contributed by atoms with E-state index >= 15 is 0 Å². The molecule has 10 rings (SSSR count). The van der Waals surface area contributed by atoms with E-state index in [2.05, 4.69) is 151 Å². The van der Waals surface area contributed by atoms with Crippen LogP contribution in [0.3, 0.4) is 0 Å². The van der Waals surface area contributed by atoms with Crippen molar-refractivity contribution in [2.45, 2.75) is 0 Å². The van der Waals surface area contributed by atoms with Gasteiger partial charge in [0.15, 0.2) is 0 Å². The fraction of sp³-hybridized carbons (Fsp3) is 0. The van der Waals surface area contributed by atoms with Crippen LogP contribution in [0.15, 0.2) is 164 Å². The van der Waals surface area contributed by atoms with Crippen molar-refractivity contribution in [1.82, 2.24) is 15.0 Å². The second-order valence-corrected chi connectivity index (χ2v) is 12.4. The van der Waals surface area contributed by atoms with E-state index in [0.717, 1.165) is 49.7 Å². The Morgan fingerprint density at radius 1 is 0.333 bits per heavy atom. The largest absolute Gasteiger partial charge is 0.254 e. The molecule has 0 fully saturated rings. The summed E-state index contributed by atoms with van der Waals surface area (Å²) in [6.07, 6.45) is 3.72. The zero-order chi connectivity index (χ0) is 31.6. The number of nitrogens with zero attached hydrogens (tertiary/aromatic N) is 3. The maximum Gasteiger partial charge on any atom is 0.0970 e. The average molecular weight is 610 g/mol. The molecule has 0 aliphatic rings. The van der Waals surface area contributed by atoms with Crippen molar-refractivity contribution >= 4 is 65.0 Å². The normalized spacial score (nSPS) is 11.8. The van der Waals surface area contributed by atoms with Crippen LogP contribution in [0.25, 0.3) is 98.5 Å². The van der Waals surface area contributed by atoms with Crippen LogP contribution in [0, 0.1) is 0 Å². The first-order chi connectivity index (χ1) is 23.8. The average Bonchev–Trinajstić information content (AvgIpc) is 3.17. The number of hydrogen-bond acceptors (Lipinski definition) is 3. The van der Waals surface area contributed by atoms with Gasteiger partial charge in [0.05, 0.1) is 22.2 Å². The van der Waals surface area contributed by atoms with Crippen molar-refractivity contribution in [3.8, 4) is 33.5 Å². The molecule has 0 unspecified atom stereocenters. The highest BCUT2D eigenvalue weighted by Crippen LogP contribution is 2.43. The minimum absolute atomic E-state index is 0.931. The lowest BCUT2D eigenvalue weighted by atomic mass is 9.89. The fourth-order valence-corrected chi connectivity index (χ4v) is 7.50. The molecule has 0 radical (unpaired) electrons. The van der Waals surface area contributed by atoms with Gasteiger partial charge >= 0.3 is 0 Å². The molecule has 3 nitrogen and oxygen atoms in total. The van der Waals surface area contributed by atoms with Crippen LogP contribution >= 0.6 is 0 Å². The Labute approximate surface area is 276 Å². The van der Waals surface area contributed by atoms with E-state index in [1.807, 2.05) is 18.5 Å². The predicted octanol–water partition coefficient (Wildman–Crippen LogP) is 11.8. The van der Waals surface area contributed by atoms with Gasteiger partial charge in [0.2, 0.25) is 0 Å². The summed E-state index contributed by atoms with van der Waals surface area (Å²) in [5.74, 6) is 0. The maximum atomic E-state index is 5.31. The molecule has 0 saturated heterocycles. The fourth-order valence-electron chi connectivity index (χ4n) is 7.50. The van der Waals surface area contributed by atoms with Gasteiger partial charge in [-0.15, -0.1) is 0 Å². The van der Waals surface area contributed by atoms with Crippen molar-refractivity contribution in [1.29, 1.82) is 0 Å². The summed E-state index contributed by atoms with van der Waals surface area (Å²) >= 11 is 0. The van der Waals surface area contributed by atoms with Crippen LogP contribution in [-0.2, 0) is 0 Å². The lowest BCUT2D eigenvalue weighted by Gasteiger charge is -2.16. The Morgan fingerprint density at radius 2 is 0.917 bits per heavy atom. The molecule has 0 saturated carbocycles. The third-order valence-electron chi connectivity index (χ3n) is 9.75. The first-order valence-electron chi connectivity index (χ1n) is 16.3. The van der Waals surface area contributed by atoms with Crippen LogP contribution in [0.4, 0.5) is 0 Å². The number of para-hydroxylation sites is 1. The van der Waals surface area contributed by atoms with Crippen molar-refractivity contribution in [3.05, 3.63) is 164 Å². The minimum Gasteiger partial charge on any atom is -0.254 e. The van der Waals surface area contributed by atoms with Crippen molar-refractivity contribution < 1.29 is 0 Å². The second kappa shape index (κ2) is 10.5. The maximum absolute atomic E-state index is 5.31.